The first-order chi connectivity index (χ1) is 15.7. The Morgan fingerprint density at radius 2 is 1.76 bits per heavy atom. The summed E-state index contributed by atoms with van der Waals surface area (Å²) in [5.41, 5.74) is 0.581. The second kappa shape index (κ2) is 9.99. The Balaban J connectivity index is 1.83. The molecule has 5 N–H and O–H groups in total. The molecule has 0 bridgehead atoms. The molecule has 1 heterocycles. The SMILES string of the molecule is COc1cc(C(CC(=O)NCCc2ccc(O)c(O)c2)c2oc(C)cc(=O)c2O)ccc1O. The smallest absolute Gasteiger partial charge is 0.227 e. The van der Waals surface area contributed by atoms with Crippen molar-refractivity contribution in [3.05, 3.63) is 75.3 Å². The average molecular weight is 455 g/mol. The summed E-state index contributed by atoms with van der Waals surface area (Å²) < 4.78 is 10.8. The second-order valence-corrected chi connectivity index (χ2v) is 7.55. The van der Waals surface area contributed by atoms with Crippen LogP contribution in [0.3, 0.4) is 0 Å². The maximum Gasteiger partial charge on any atom is 0.227 e. The van der Waals surface area contributed by atoms with Crippen LogP contribution in [0.4, 0.5) is 0 Å². The van der Waals surface area contributed by atoms with Gasteiger partial charge in [-0.05, 0) is 48.7 Å². The van der Waals surface area contributed by atoms with Crippen LogP contribution in [0, 0.1) is 6.92 Å². The van der Waals surface area contributed by atoms with E-state index in [-0.39, 0.29) is 53.4 Å². The van der Waals surface area contributed by atoms with Crippen molar-refractivity contribution in [2.75, 3.05) is 13.7 Å². The van der Waals surface area contributed by atoms with E-state index in [2.05, 4.69) is 5.32 Å². The van der Waals surface area contributed by atoms with Crippen LogP contribution in [-0.2, 0) is 11.2 Å². The highest BCUT2D eigenvalue weighted by atomic mass is 16.5. The lowest BCUT2D eigenvalue weighted by Gasteiger charge is -2.19. The molecule has 174 valence electrons. The molecule has 0 saturated carbocycles. The summed E-state index contributed by atoms with van der Waals surface area (Å²) in [7, 11) is 1.38. The van der Waals surface area contributed by atoms with E-state index in [1.54, 1.807) is 19.1 Å². The summed E-state index contributed by atoms with van der Waals surface area (Å²) in [5, 5.41) is 42.0. The van der Waals surface area contributed by atoms with E-state index < -0.39 is 17.1 Å². The van der Waals surface area contributed by atoms with Gasteiger partial charge in [-0.1, -0.05) is 12.1 Å². The molecule has 1 atom stereocenters. The Hall–Kier alpha value is -4.14. The third kappa shape index (κ3) is 5.57. The fraction of sp³-hybridized carbons (Fsp3) is 0.250. The largest absolute Gasteiger partial charge is 0.504 e. The number of ether oxygens (including phenoxy) is 1. The summed E-state index contributed by atoms with van der Waals surface area (Å²) >= 11 is 0. The van der Waals surface area contributed by atoms with Crippen LogP contribution >= 0.6 is 0 Å². The molecule has 3 aromatic rings. The van der Waals surface area contributed by atoms with Crippen LogP contribution in [-0.4, -0.2) is 40.0 Å². The first kappa shape index (κ1) is 23.5. The molecule has 0 radical (unpaired) electrons. The summed E-state index contributed by atoms with van der Waals surface area (Å²) in [6.07, 6.45) is 0.247. The van der Waals surface area contributed by atoms with E-state index in [9.17, 15) is 30.0 Å². The second-order valence-electron chi connectivity index (χ2n) is 7.55. The number of hydrogen-bond acceptors (Lipinski definition) is 8. The Bertz CT molecular complexity index is 1220. The number of phenolic OH excluding ortho intramolecular Hbond substituents is 3. The Labute approximate surface area is 189 Å². The van der Waals surface area contributed by atoms with Crippen molar-refractivity contribution in [2.24, 2.45) is 0 Å². The predicted octanol–water partition coefficient (Wildman–Crippen LogP) is 2.66. The molecule has 0 aliphatic carbocycles. The third-order valence-electron chi connectivity index (χ3n) is 5.16. The molecule has 0 aliphatic rings. The van der Waals surface area contributed by atoms with Crippen LogP contribution in [0.25, 0.3) is 0 Å². The van der Waals surface area contributed by atoms with E-state index in [0.717, 1.165) is 6.07 Å². The molecule has 3 rings (SSSR count). The summed E-state index contributed by atoms with van der Waals surface area (Å²) in [6, 6.07) is 10.0. The number of nitrogens with one attached hydrogen (secondary N) is 1. The highest BCUT2D eigenvalue weighted by molar-refractivity contribution is 5.77. The van der Waals surface area contributed by atoms with Crippen molar-refractivity contribution in [3.8, 4) is 28.7 Å². The van der Waals surface area contributed by atoms with Crippen molar-refractivity contribution in [3.63, 3.8) is 0 Å². The Kier molecular flexibility index (Phi) is 7.12. The first-order valence-corrected chi connectivity index (χ1v) is 10.2. The molecular formula is C24H25NO8. The monoisotopic (exact) mass is 455 g/mol. The van der Waals surface area contributed by atoms with E-state index in [1.165, 1.54) is 31.4 Å². The molecule has 1 amide bonds. The van der Waals surface area contributed by atoms with Crippen molar-refractivity contribution in [1.82, 2.24) is 5.32 Å². The number of benzene rings is 2. The van der Waals surface area contributed by atoms with Crippen molar-refractivity contribution in [2.45, 2.75) is 25.7 Å². The zero-order chi connectivity index (χ0) is 24.1. The average Bonchev–Trinajstić information content (AvgIpc) is 2.77. The van der Waals surface area contributed by atoms with E-state index in [4.69, 9.17) is 9.15 Å². The van der Waals surface area contributed by atoms with E-state index in [0.29, 0.717) is 17.5 Å². The summed E-state index contributed by atoms with van der Waals surface area (Å²) in [5.74, 6) is -1.99. The topological polar surface area (TPSA) is 149 Å². The number of phenols is 3. The van der Waals surface area contributed by atoms with Gasteiger partial charge in [-0.15, -0.1) is 0 Å². The van der Waals surface area contributed by atoms with E-state index >= 15 is 0 Å². The van der Waals surface area contributed by atoms with Crippen LogP contribution in [0.2, 0.25) is 0 Å². The molecule has 0 spiro atoms. The molecular weight excluding hydrogens is 430 g/mol. The lowest BCUT2D eigenvalue weighted by molar-refractivity contribution is -0.121. The van der Waals surface area contributed by atoms with Crippen molar-refractivity contribution in [1.29, 1.82) is 0 Å². The summed E-state index contributed by atoms with van der Waals surface area (Å²) in [4.78, 5) is 24.9. The predicted molar refractivity (Wildman–Crippen MR) is 119 cm³/mol. The van der Waals surface area contributed by atoms with Crippen LogP contribution in [0.5, 0.6) is 28.7 Å². The maximum atomic E-state index is 12.7. The molecule has 1 unspecified atom stereocenters. The number of carbonyl (C=O) groups excluding carboxylic acids is 1. The number of methoxy groups -OCH3 is 1. The lowest BCUT2D eigenvalue weighted by Crippen LogP contribution is -2.27. The minimum absolute atomic E-state index is 0.0636. The molecule has 33 heavy (non-hydrogen) atoms. The lowest BCUT2D eigenvalue weighted by atomic mass is 9.91. The van der Waals surface area contributed by atoms with Gasteiger partial charge in [0.15, 0.2) is 28.8 Å². The van der Waals surface area contributed by atoms with Gasteiger partial charge in [0, 0.05) is 19.0 Å². The Morgan fingerprint density at radius 3 is 2.45 bits per heavy atom. The highest BCUT2D eigenvalue weighted by Gasteiger charge is 2.26. The Morgan fingerprint density at radius 1 is 1.03 bits per heavy atom. The molecule has 9 heteroatoms. The van der Waals surface area contributed by atoms with Crippen molar-refractivity contribution >= 4 is 5.91 Å². The van der Waals surface area contributed by atoms with Gasteiger partial charge in [0.25, 0.3) is 0 Å². The fourth-order valence-electron chi connectivity index (χ4n) is 3.46. The minimum Gasteiger partial charge on any atom is -0.504 e. The standard InChI is InChI=1S/C24H25NO8/c1-13-9-20(29)23(31)24(33-13)16(15-4-6-18(27)21(11-15)32-2)12-22(30)25-8-7-14-3-5-17(26)19(28)10-14/h3-6,9-11,16,26-28,31H,7-8,12H2,1-2H3,(H,25,30). The molecule has 2 aromatic carbocycles. The van der Waals surface area contributed by atoms with E-state index in [1.807, 2.05) is 0 Å². The summed E-state index contributed by atoms with van der Waals surface area (Å²) in [6.45, 7) is 1.81. The number of carbonyl (C=O) groups is 1. The molecule has 0 fully saturated rings. The number of aryl methyl sites for hydroxylation is 1. The third-order valence-corrected chi connectivity index (χ3v) is 5.16. The molecule has 1 aromatic heterocycles. The number of hydrogen-bond donors (Lipinski definition) is 5. The number of rotatable bonds is 8. The molecule has 0 saturated heterocycles. The van der Waals surface area contributed by atoms with Gasteiger partial charge in [-0.25, -0.2) is 0 Å². The molecule has 0 aliphatic heterocycles. The van der Waals surface area contributed by atoms with Crippen molar-refractivity contribution < 1.29 is 34.4 Å². The van der Waals surface area contributed by atoms with Crippen LogP contribution in [0.15, 0.2) is 51.7 Å². The van der Waals surface area contributed by atoms with Gasteiger partial charge in [0.2, 0.25) is 17.1 Å². The normalized spacial score (nSPS) is 11.7. The van der Waals surface area contributed by atoms with Gasteiger partial charge in [-0.2, -0.15) is 0 Å². The van der Waals surface area contributed by atoms with Crippen LogP contribution < -0.4 is 15.5 Å². The fourth-order valence-corrected chi connectivity index (χ4v) is 3.46. The van der Waals surface area contributed by atoms with Gasteiger partial charge < -0.3 is 34.9 Å². The zero-order valence-corrected chi connectivity index (χ0v) is 18.2. The van der Waals surface area contributed by atoms with Gasteiger partial charge in [0.1, 0.15) is 5.76 Å². The van der Waals surface area contributed by atoms with Gasteiger partial charge >= 0.3 is 0 Å². The number of amides is 1. The maximum absolute atomic E-state index is 12.7. The number of aromatic hydroxyl groups is 4. The highest BCUT2D eigenvalue weighted by Crippen LogP contribution is 2.37. The first-order valence-electron chi connectivity index (χ1n) is 10.2. The zero-order valence-electron chi connectivity index (χ0n) is 18.2. The van der Waals surface area contributed by atoms with Gasteiger partial charge in [-0.3, -0.25) is 9.59 Å². The van der Waals surface area contributed by atoms with Crippen LogP contribution in [0.1, 0.15) is 35.0 Å². The quantitative estimate of drug-likeness (QED) is 0.326. The minimum atomic E-state index is -0.829. The molecule has 9 nitrogen and oxygen atoms in total. The van der Waals surface area contributed by atoms with Gasteiger partial charge in [0.05, 0.1) is 13.0 Å².